The van der Waals surface area contributed by atoms with E-state index < -0.39 is 0 Å². The van der Waals surface area contributed by atoms with Gasteiger partial charge in [-0.15, -0.1) is 0 Å². The molecule has 0 saturated heterocycles. The summed E-state index contributed by atoms with van der Waals surface area (Å²) in [7, 11) is 0. The highest BCUT2D eigenvalue weighted by atomic mass is 16.6. The van der Waals surface area contributed by atoms with Crippen LogP contribution >= 0.6 is 0 Å². The molecule has 1 unspecified atom stereocenters. The molecule has 0 radical (unpaired) electrons. The van der Waals surface area contributed by atoms with Gasteiger partial charge in [0, 0.05) is 13.2 Å². The second-order valence-corrected chi connectivity index (χ2v) is 4.50. The Kier molecular flexibility index (Phi) is 6.94. The molecule has 18 heavy (non-hydrogen) atoms. The molecule has 1 aromatic carbocycles. The molecule has 0 aliphatic rings. The zero-order chi connectivity index (χ0) is 13.3. The van der Waals surface area contributed by atoms with E-state index in [0.29, 0.717) is 33.0 Å². The van der Waals surface area contributed by atoms with Gasteiger partial charge in [-0.05, 0) is 26.3 Å². The van der Waals surface area contributed by atoms with E-state index in [1.54, 1.807) is 0 Å². The van der Waals surface area contributed by atoms with Crippen molar-refractivity contribution in [3.05, 3.63) is 35.9 Å². The van der Waals surface area contributed by atoms with E-state index in [0.717, 1.165) is 0 Å². The van der Waals surface area contributed by atoms with E-state index in [1.165, 1.54) is 5.56 Å². The lowest BCUT2D eigenvalue weighted by molar-refractivity contribution is -0.124. The van der Waals surface area contributed by atoms with E-state index in [-0.39, 0.29) is 5.60 Å². The molecule has 0 aliphatic carbocycles. The van der Waals surface area contributed by atoms with Crippen molar-refractivity contribution in [2.75, 3.05) is 26.4 Å². The molecule has 3 nitrogen and oxygen atoms in total. The molecule has 0 amide bonds. The maximum Gasteiger partial charge on any atom is 0.112 e. The van der Waals surface area contributed by atoms with Gasteiger partial charge in [-0.1, -0.05) is 30.3 Å². The molecule has 0 bridgehead atoms. The summed E-state index contributed by atoms with van der Waals surface area (Å²) >= 11 is 0. The molecular formula is C15H24O3. The minimum absolute atomic E-state index is 0.362. The highest BCUT2D eigenvalue weighted by molar-refractivity contribution is 5.13. The molecule has 3 heteroatoms. The third kappa shape index (κ3) is 5.63. The van der Waals surface area contributed by atoms with Gasteiger partial charge < -0.3 is 14.2 Å². The van der Waals surface area contributed by atoms with Crippen molar-refractivity contribution in [3.63, 3.8) is 0 Å². The van der Waals surface area contributed by atoms with E-state index in [1.807, 2.05) is 39.0 Å². The summed E-state index contributed by atoms with van der Waals surface area (Å²) in [6.45, 7) is 9.06. The van der Waals surface area contributed by atoms with Crippen molar-refractivity contribution in [2.45, 2.75) is 33.0 Å². The SMILES string of the molecule is CCOCC(C)(COCc1ccccc1)OCC. The number of rotatable bonds is 9. The average molecular weight is 252 g/mol. The van der Waals surface area contributed by atoms with E-state index in [9.17, 15) is 0 Å². The summed E-state index contributed by atoms with van der Waals surface area (Å²) in [6.07, 6.45) is 0. The molecule has 1 rings (SSSR count). The molecule has 1 aromatic rings. The number of hydrogen-bond donors (Lipinski definition) is 0. The Morgan fingerprint density at radius 2 is 1.61 bits per heavy atom. The topological polar surface area (TPSA) is 27.7 Å². The maximum atomic E-state index is 5.73. The third-order valence-electron chi connectivity index (χ3n) is 2.62. The fraction of sp³-hybridized carbons (Fsp3) is 0.600. The van der Waals surface area contributed by atoms with Gasteiger partial charge in [0.2, 0.25) is 0 Å². The van der Waals surface area contributed by atoms with E-state index >= 15 is 0 Å². The third-order valence-corrected chi connectivity index (χ3v) is 2.62. The molecule has 0 N–H and O–H groups in total. The maximum absolute atomic E-state index is 5.73. The fourth-order valence-electron chi connectivity index (χ4n) is 1.75. The second kappa shape index (κ2) is 8.25. The molecule has 1 atom stereocenters. The van der Waals surface area contributed by atoms with Gasteiger partial charge in [0.1, 0.15) is 5.60 Å². The molecule has 0 spiro atoms. The van der Waals surface area contributed by atoms with Crippen molar-refractivity contribution in [2.24, 2.45) is 0 Å². The summed E-state index contributed by atoms with van der Waals surface area (Å²) in [6, 6.07) is 10.1. The number of ether oxygens (including phenoxy) is 3. The van der Waals surface area contributed by atoms with Gasteiger partial charge in [0.25, 0.3) is 0 Å². The molecular weight excluding hydrogens is 228 g/mol. The predicted molar refractivity (Wildman–Crippen MR) is 72.6 cm³/mol. The van der Waals surface area contributed by atoms with Crippen LogP contribution in [0, 0.1) is 0 Å². The minimum atomic E-state index is -0.362. The number of benzene rings is 1. The normalized spacial score (nSPS) is 14.4. The van der Waals surface area contributed by atoms with Gasteiger partial charge in [0.15, 0.2) is 0 Å². The lowest BCUT2D eigenvalue weighted by atomic mass is 10.1. The Morgan fingerprint density at radius 3 is 2.22 bits per heavy atom. The molecule has 0 heterocycles. The summed E-state index contributed by atoms with van der Waals surface area (Å²) in [5.74, 6) is 0. The van der Waals surface area contributed by atoms with Crippen molar-refractivity contribution in [1.29, 1.82) is 0 Å². The second-order valence-electron chi connectivity index (χ2n) is 4.50. The molecule has 0 aliphatic heterocycles. The highest BCUT2D eigenvalue weighted by Crippen LogP contribution is 2.13. The van der Waals surface area contributed by atoms with Gasteiger partial charge >= 0.3 is 0 Å². The Morgan fingerprint density at radius 1 is 0.944 bits per heavy atom. The van der Waals surface area contributed by atoms with Crippen molar-refractivity contribution in [1.82, 2.24) is 0 Å². The Bertz CT molecular complexity index is 313. The van der Waals surface area contributed by atoms with Crippen LogP contribution in [0.1, 0.15) is 26.3 Å². The lowest BCUT2D eigenvalue weighted by Crippen LogP contribution is -2.39. The largest absolute Gasteiger partial charge is 0.379 e. The van der Waals surface area contributed by atoms with Crippen LogP contribution in [0.15, 0.2) is 30.3 Å². The van der Waals surface area contributed by atoms with Gasteiger partial charge in [-0.3, -0.25) is 0 Å². The summed E-state index contributed by atoms with van der Waals surface area (Å²) in [5.41, 5.74) is 0.812. The zero-order valence-electron chi connectivity index (χ0n) is 11.6. The Hall–Kier alpha value is -0.900. The van der Waals surface area contributed by atoms with Crippen molar-refractivity contribution in [3.8, 4) is 0 Å². The summed E-state index contributed by atoms with van der Waals surface area (Å²) < 4.78 is 16.9. The van der Waals surface area contributed by atoms with Gasteiger partial charge in [0.05, 0.1) is 19.8 Å². The first kappa shape index (κ1) is 15.2. The van der Waals surface area contributed by atoms with E-state index in [4.69, 9.17) is 14.2 Å². The predicted octanol–water partition coefficient (Wildman–Crippen LogP) is 3.03. The highest BCUT2D eigenvalue weighted by Gasteiger charge is 2.25. The molecule has 102 valence electrons. The molecule has 0 aromatic heterocycles. The van der Waals surface area contributed by atoms with Crippen LogP contribution < -0.4 is 0 Å². The first-order valence-corrected chi connectivity index (χ1v) is 6.53. The average Bonchev–Trinajstić information content (AvgIpc) is 2.38. The van der Waals surface area contributed by atoms with Crippen LogP contribution in [0.2, 0.25) is 0 Å². The summed E-state index contributed by atoms with van der Waals surface area (Å²) in [5, 5.41) is 0. The minimum Gasteiger partial charge on any atom is -0.379 e. The first-order valence-electron chi connectivity index (χ1n) is 6.53. The molecule has 0 fully saturated rings. The summed E-state index contributed by atoms with van der Waals surface area (Å²) in [4.78, 5) is 0. The fourth-order valence-corrected chi connectivity index (χ4v) is 1.75. The quantitative estimate of drug-likeness (QED) is 0.676. The van der Waals surface area contributed by atoms with Crippen LogP contribution in [-0.4, -0.2) is 32.0 Å². The van der Waals surface area contributed by atoms with Crippen LogP contribution in [0.25, 0.3) is 0 Å². The monoisotopic (exact) mass is 252 g/mol. The smallest absolute Gasteiger partial charge is 0.112 e. The first-order chi connectivity index (χ1) is 8.70. The lowest BCUT2D eigenvalue weighted by Gasteiger charge is -2.28. The van der Waals surface area contributed by atoms with Gasteiger partial charge in [-0.25, -0.2) is 0 Å². The standard InChI is InChI=1S/C15H24O3/c1-4-16-12-15(3,18-5-2)13-17-11-14-9-7-6-8-10-14/h6-10H,4-5,11-13H2,1-3H3. The van der Waals surface area contributed by atoms with Crippen molar-refractivity contribution >= 4 is 0 Å². The van der Waals surface area contributed by atoms with Crippen LogP contribution in [0.3, 0.4) is 0 Å². The number of hydrogen-bond acceptors (Lipinski definition) is 3. The Balaban J connectivity index is 2.37. The Labute approximate surface area is 110 Å². The van der Waals surface area contributed by atoms with Gasteiger partial charge in [-0.2, -0.15) is 0 Å². The zero-order valence-corrected chi connectivity index (χ0v) is 11.6. The van der Waals surface area contributed by atoms with Crippen LogP contribution in [0.4, 0.5) is 0 Å². The molecule has 0 saturated carbocycles. The van der Waals surface area contributed by atoms with Crippen LogP contribution in [-0.2, 0) is 20.8 Å². The van der Waals surface area contributed by atoms with Crippen LogP contribution in [0.5, 0.6) is 0 Å². The van der Waals surface area contributed by atoms with Crippen molar-refractivity contribution < 1.29 is 14.2 Å². The van der Waals surface area contributed by atoms with E-state index in [2.05, 4.69) is 12.1 Å².